The number of alkyl carbamates (subject to hydrolysis) is 1. The average Bonchev–Trinajstić information content (AvgIpc) is 3.67. The van der Waals surface area contributed by atoms with Crippen LogP contribution in [0.2, 0.25) is 0 Å². The lowest BCUT2D eigenvalue weighted by Crippen LogP contribution is -2.60. The van der Waals surface area contributed by atoms with Gasteiger partial charge in [-0.25, -0.2) is 9.59 Å². The first-order chi connectivity index (χ1) is 24.1. The van der Waals surface area contributed by atoms with E-state index < -0.39 is 12.1 Å². The molecule has 2 spiro atoms. The van der Waals surface area contributed by atoms with E-state index in [2.05, 4.69) is 59.1 Å². The molecule has 7 fully saturated rings. The Labute approximate surface area is 306 Å². The van der Waals surface area contributed by atoms with Gasteiger partial charge in [0.2, 0.25) is 5.91 Å². The first kappa shape index (κ1) is 37.3. The van der Waals surface area contributed by atoms with Gasteiger partial charge in [-0.2, -0.15) is 0 Å². The van der Waals surface area contributed by atoms with E-state index in [1.165, 1.54) is 12.8 Å². The lowest BCUT2D eigenvalue weighted by Gasteiger charge is -2.63. The highest BCUT2D eigenvalue weighted by Crippen LogP contribution is 2.89. The van der Waals surface area contributed by atoms with Crippen LogP contribution < -0.4 is 10.6 Å². The SMILES string of the molecule is COC(C[C@@H](C)[C@H]1C[C@H](O)[C@@]2(C)C3CC[C@H]4C(C)(C)[C@@H](OC(=O)N[C@H]5CCCNC5=O)CC[C@@]45C[C@@]35CC[C@]12C)[C@H](OC(=O)N1CCC1)C(C)C. The Morgan fingerprint density at radius 3 is 2.33 bits per heavy atom. The molecule has 13 atom stereocenters. The number of hydrogen-bond donors (Lipinski definition) is 3. The fraction of sp³-hybridized carbons (Fsp3) is 0.927. The van der Waals surface area contributed by atoms with Crippen LogP contribution in [0, 0.1) is 56.7 Å². The van der Waals surface area contributed by atoms with Crippen molar-refractivity contribution in [2.75, 3.05) is 26.7 Å². The summed E-state index contributed by atoms with van der Waals surface area (Å²) in [5.41, 5.74) is 0.112. The van der Waals surface area contributed by atoms with Gasteiger partial charge in [-0.15, -0.1) is 0 Å². The Balaban J connectivity index is 1.05. The Morgan fingerprint density at radius 2 is 1.69 bits per heavy atom. The number of amides is 3. The van der Waals surface area contributed by atoms with Crippen LogP contribution in [-0.2, 0) is 19.0 Å². The molecule has 7 aliphatic rings. The molecular weight excluding hydrogens is 646 g/mol. The van der Waals surface area contributed by atoms with Crippen LogP contribution in [-0.4, -0.2) is 85.3 Å². The molecule has 0 bridgehead atoms. The number of hydrogen-bond acceptors (Lipinski definition) is 7. The van der Waals surface area contributed by atoms with Crippen LogP contribution in [0.15, 0.2) is 0 Å². The topological polar surface area (TPSA) is 126 Å². The second-order valence-electron chi connectivity index (χ2n) is 19.5. The van der Waals surface area contributed by atoms with E-state index in [1.54, 1.807) is 12.0 Å². The van der Waals surface area contributed by atoms with Crippen molar-refractivity contribution < 1.29 is 33.7 Å². The molecule has 2 unspecified atom stereocenters. The molecule has 288 valence electrons. The Bertz CT molecular complexity index is 1370. The van der Waals surface area contributed by atoms with Gasteiger partial charge in [0, 0.05) is 37.6 Å². The fourth-order valence-corrected chi connectivity index (χ4v) is 13.9. The average molecular weight is 714 g/mol. The van der Waals surface area contributed by atoms with Gasteiger partial charge >= 0.3 is 12.2 Å². The van der Waals surface area contributed by atoms with Gasteiger partial charge in [-0.3, -0.25) is 4.79 Å². The molecule has 2 heterocycles. The summed E-state index contributed by atoms with van der Waals surface area (Å²) in [5, 5.41) is 17.9. The molecule has 10 nitrogen and oxygen atoms in total. The lowest BCUT2D eigenvalue weighted by molar-refractivity contribution is -0.182. The van der Waals surface area contributed by atoms with E-state index in [1.807, 2.05) is 0 Å². The molecule has 51 heavy (non-hydrogen) atoms. The molecular formula is C41H67N3O7. The predicted molar refractivity (Wildman–Crippen MR) is 194 cm³/mol. The third kappa shape index (κ3) is 5.55. The summed E-state index contributed by atoms with van der Waals surface area (Å²) in [7, 11) is 1.75. The maximum absolute atomic E-state index is 13.1. The molecule has 5 aliphatic carbocycles. The molecule has 2 saturated heterocycles. The summed E-state index contributed by atoms with van der Waals surface area (Å²) < 4.78 is 18.4. The minimum atomic E-state index is -0.516. The second-order valence-corrected chi connectivity index (χ2v) is 19.5. The highest BCUT2D eigenvalue weighted by molar-refractivity contribution is 5.86. The zero-order valence-electron chi connectivity index (χ0n) is 32.7. The first-order valence-electron chi connectivity index (χ1n) is 20.5. The number of ether oxygens (including phenoxy) is 3. The van der Waals surface area contributed by atoms with Crippen molar-refractivity contribution >= 4 is 18.1 Å². The largest absolute Gasteiger partial charge is 0.446 e. The molecule has 5 saturated carbocycles. The summed E-state index contributed by atoms with van der Waals surface area (Å²) in [6.07, 6.45) is 10.0. The van der Waals surface area contributed by atoms with E-state index in [4.69, 9.17) is 14.2 Å². The van der Waals surface area contributed by atoms with E-state index in [0.717, 1.165) is 70.9 Å². The Kier molecular flexibility index (Phi) is 9.53. The van der Waals surface area contributed by atoms with Crippen molar-refractivity contribution in [2.24, 2.45) is 56.7 Å². The highest BCUT2D eigenvalue weighted by Gasteiger charge is 2.83. The van der Waals surface area contributed by atoms with Crippen molar-refractivity contribution in [3.8, 4) is 0 Å². The zero-order valence-corrected chi connectivity index (χ0v) is 32.7. The Morgan fingerprint density at radius 1 is 0.980 bits per heavy atom. The van der Waals surface area contributed by atoms with Gasteiger partial charge in [0.15, 0.2) is 0 Å². The van der Waals surface area contributed by atoms with Crippen molar-refractivity contribution in [3.63, 3.8) is 0 Å². The van der Waals surface area contributed by atoms with Crippen LogP contribution in [0.1, 0.15) is 126 Å². The van der Waals surface area contributed by atoms with Gasteiger partial charge in [-0.05, 0) is 123 Å². The number of rotatable bonds is 9. The normalized spacial score (nSPS) is 44.0. The molecule has 0 aromatic heterocycles. The smallest absolute Gasteiger partial charge is 0.410 e. The monoisotopic (exact) mass is 713 g/mol. The number of aliphatic hydroxyl groups excluding tert-OH is 1. The van der Waals surface area contributed by atoms with Crippen LogP contribution in [0.5, 0.6) is 0 Å². The fourth-order valence-electron chi connectivity index (χ4n) is 13.9. The molecule has 10 heteroatoms. The summed E-state index contributed by atoms with van der Waals surface area (Å²) in [6.45, 7) is 18.3. The van der Waals surface area contributed by atoms with E-state index in [9.17, 15) is 19.5 Å². The number of likely N-dealkylation sites (tertiary alicyclic amines) is 1. The summed E-state index contributed by atoms with van der Waals surface area (Å²) >= 11 is 0. The quantitative estimate of drug-likeness (QED) is 0.244. The zero-order chi connectivity index (χ0) is 36.7. The predicted octanol–water partition coefficient (Wildman–Crippen LogP) is 6.68. The Hall–Kier alpha value is -2.07. The maximum atomic E-state index is 13.1. The van der Waals surface area contributed by atoms with Crippen LogP contribution in [0.25, 0.3) is 0 Å². The number of nitrogens with zero attached hydrogens (tertiary/aromatic N) is 1. The molecule has 7 rings (SSSR count). The number of carbonyl (C=O) groups is 3. The lowest BCUT2D eigenvalue weighted by atomic mass is 9.41. The molecule has 0 aromatic rings. The first-order valence-corrected chi connectivity index (χ1v) is 20.5. The minimum absolute atomic E-state index is 0.00236. The van der Waals surface area contributed by atoms with Crippen LogP contribution >= 0.6 is 0 Å². The number of carbonyl (C=O) groups excluding carboxylic acids is 3. The van der Waals surface area contributed by atoms with Gasteiger partial charge in [0.25, 0.3) is 0 Å². The number of fused-ring (bicyclic) bond motifs is 2. The second kappa shape index (κ2) is 13.1. The van der Waals surface area contributed by atoms with Gasteiger partial charge < -0.3 is 34.9 Å². The third-order valence-corrected chi connectivity index (χ3v) is 17.0. The molecule has 3 amide bonds. The molecule has 0 radical (unpaired) electrons. The van der Waals surface area contributed by atoms with Crippen molar-refractivity contribution in [2.45, 2.75) is 156 Å². The van der Waals surface area contributed by atoms with Crippen LogP contribution in [0.3, 0.4) is 0 Å². The van der Waals surface area contributed by atoms with Crippen molar-refractivity contribution in [3.05, 3.63) is 0 Å². The summed E-state index contributed by atoms with van der Waals surface area (Å²) in [4.78, 5) is 40.0. The summed E-state index contributed by atoms with van der Waals surface area (Å²) in [5.74, 6) is 1.59. The van der Waals surface area contributed by atoms with Gasteiger partial charge in [-0.1, -0.05) is 48.5 Å². The van der Waals surface area contributed by atoms with Crippen molar-refractivity contribution in [1.29, 1.82) is 0 Å². The maximum Gasteiger partial charge on any atom is 0.410 e. The highest BCUT2D eigenvalue weighted by atomic mass is 16.6. The minimum Gasteiger partial charge on any atom is -0.446 e. The standard InChI is InChI=1S/C41H67N3O7/c1-24(2)33(51-36(48)44-19-10-20-44)28(49-8)21-25(3)26-22-31(45)39(7)30-13-12-29-37(4,5)32(50-35(47)43-27-11-9-18-42-34(27)46)14-15-40(29)23-41(30,40)17-16-38(26,39)6/h24-33,45H,9-23H2,1-8H3,(H,42,46)(H,43,47)/t25-,26-,27+,28?,29+,30?,31+,32+,33-,38-,39-,40-,41+/m1/s1. The van der Waals surface area contributed by atoms with E-state index in [-0.39, 0.29) is 69.4 Å². The molecule has 3 N–H and O–H groups in total. The summed E-state index contributed by atoms with van der Waals surface area (Å²) in [6, 6.07) is -0.516. The van der Waals surface area contributed by atoms with E-state index in [0.29, 0.717) is 36.6 Å². The van der Waals surface area contributed by atoms with Crippen molar-refractivity contribution in [1.82, 2.24) is 15.5 Å². The van der Waals surface area contributed by atoms with Crippen LogP contribution in [0.4, 0.5) is 9.59 Å². The molecule has 0 aromatic carbocycles. The molecule has 2 aliphatic heterocycles. The third-order valence-electron chi connectivity index (χ3n) is 17.0. The number of piperidine rings is 1. The van der Waals surface area contributed by atoms with Gasteiger partial charge in [0.05, 0.1) is 12.2 Å². The van der Waals surface area contributed by atoms with E-state index >= 15 is 0 Å². The van der Waals surface area contributed by atoms with Gasteiger partial charge in [0.1, 0.15) is 18.2 Å². The number of nitrogens with one attached hydrogen (secondary N) is 2. The number of methoxy groups -OCH3 is 1. The number of aliphatic hydroxyl groups is 1.